The number of halogens is 1. The summed E-state index contributed by atoms with van der Waals surface area (Å²) < 4.78 is 1.17. The maximum atomic E-state index is 12.8. The van der Waals surface area contributed by atoms with E-state index in [1.54, 1.807) is 11.3 Å². The Morgan fingerprint density at radius 3 is 2.70 bits per heavy atom. The molecular weight excluding hydrogens is 452 g/mol. The largest absolute Gasteiger partial charge is 0.321 e. The van der Waals surface area contributed by atoms with Gasteiger partial charge in [0.15, 0.2) is 0 Å². The van der Waals surface area contributed by atoms with Gasteiger partial charge in [0.2, 0.25) is 0 Å². The molecule has 170 valence electrons. The highest BCUT2D eigenvalue weighted by atomic mass is 35.5. The molecule has 0 bridgehead atoms. The van der Waals surface area contributed by atoms with Gasteiger partial charge in [-0.25, -0.2) is 4.98 Å². The van der Waals surface area contributed by atoms with Crippen LogP contribution >= 0.6 is 23.7 Å². The Hall–Kier alpha value is -2.77. The number of nitrogens with one attached hydrogen (secondary N) is 2. The lowest BCUT2D eigenvalue weighted by Crippen LogP contribution is -2.42. The first-order chi connectivity index (χ1) is 15.7. The molecule has 5 rings (SSSR count). The Bertz CT molecular complexity index is 1270. The topological polar surface area (TPSA) is 57.3 Å². The van der Waals surface area contributed by atoms with Gasteiger partial charge in [0, 0.05) is 43.9 Å². The van der Waals surface area contributed by atoms with Crippen LogP contribution in [-0.2, 0) is 6.54 Å². The molecule has 2 heterocycles. The molecule has 0 saturated carbocycles. The number of rotatable bonds is 5. The summed E-state index contributed by atoms with van der Waals surface area (Å²) in [5.74, 6) is -0.111. The van der Waals surface area contributed by atoms with Gasteiger partial charge in [-0.3, -0.25) is 9.69 Å². The number of carbonyl (C=O) groups excluding carboxylic acids is 1. The quantitative estimate of drug-likeness (QED) is 0.406. The molecule has 3 aromatic carbocycles. The number of para-hydroxylation sites is 1. The molecule has 0 atom stereocenters. The summed E-state index contributed by atoms with van der Waals surface area (Å²) in [5.41, 5.74) is 5.75. The normalized spacial score (nSPS) is 14.1. The molecule has 4 aromatic rings. The van der Waals surface area contributed by atoms with Gasteiger partial charge in [-0.2, -0.15) is 0 Å². The monoisotopic (exact) mass is 478 g/mol. The highest BCUT2D eigenvalue weighted by Crippen LogP contribution is 2.35. The minimum atomic E-state index is -0.111. The van der Waals surface area contributed by atoms with Crippen LogP contribution in [0.2, 0.25) is 0 Å². The number of aromatic nitrogens is 1. The van der Waals surface area contributed by atoms with Crippen LogP contribution in [0.3, 0.4) is 0 Å². The van der Waals surface area contributed by atoms with Crippen molar-refractivity contribution in [1.82, 2.24) is 15.2 Å². The molecular formula is C26H27ClN4OS. The Labute approximate surface area is 204 Å². The van der Waals surface area contributed by atoms with Crippen LogP contribution in [0.25, 0.3) is 20.8 Å². The van der Waals surface area contributed by atoms with Crippen molar-refractivity contribution in [1.29, 1.82) is 0 Å². The van der Waals surface area contributed by atoms with Crippen LogP contribution in [0.4, 0.5) is 5.69 Å². The van der Waals surface area contributed by atoms with Gasteiger partial charge < -0.3 is 10.6 Å². The van der Waals surface area contributed by atoms with E-state index in [0.29, 0.717) is 5.56 Å². The maximum Gasteiger partial charge on any atom is 0.255 e. The fraction of sp³-hybridized carbons (Fsp3) is 0.231. The van der Waals surface area contributed by atoms with E-state index in [4.69, 9.17) is 4.98 Å². The molecule has 2 N–H and O–H groups in total. The summed E-state index contributed by atoms with van der Waals surface area (Å²) >= 11 is 1.67. The van der Waals surface area contributed by atoms with E-state index in [9.17, 15) is 4.79 Å². The highest BCUT2D eigenvalue weighted by Gasteiger charge is 2.15. The first kappa shape index (κ1) is 23.4. The number of hydrogen-bond donors (Lipinski definition) is 2. The summed E-state index contributed by atoms with van der Waals surface area (Å²) in [6, 6.07) is 22.1. The fourth-order valence-corrected chi connectivity index (χ4v) is 5.14. The van der Waals surface area contributed by atoms with E-state index in [0.717, 1.165) is 60.1 Å². The van der Waals surface area contributed by atoms with Crippen molar-refractivity contribution < 1.29 is 4.79 Å². The molecule has 1 fully saturated rings. The first-order valence-corrected chi connectivity index (χ1v) is 11.8. The second-order valence-corrected chi connectivity index (χ2v) is 9.25. The zero-order chi connectivity index (χ0) is 21.9. The smallest absolute Gasteiger partial charge is 0.255 e. The SMILES string of the molecule is Cc1cccc(C(=O)Nc2ccccc2-c2nc3ccc(CN4CCNCC4)cc3s2)c1.Cl. The lowest BCUT2D eigenvalue weighted by atomic mass is 10.1. The standard InChI is InChI=1S/C26H26N4OS.ClH/c1-18-5-4-6-20(15-18)25(31)28-22-8-3-2-7-21(22)26-29-23-10-9-19(16-24(23)32-26)17-30-13-11-27-12-14-30;/h2-10,15-16,27H,11-14,17H2,1H3,(H,28,31);1H. The van der Waals surface area contributed by atoms with Crippen molar-refractivity contribution in [3.05, 3.63) is 83.4 Å². The Morgan fingerprint density at radius 1 is 1.06 bits per heavy atom. The predicted molar refractivity (Wildman–Crippen MR) is 140 cm³/mol. The van der Waals surface area contributed by atoms with Crippen LogP contribution in [0.15, 0.2) is 66.7 Å². The number of piperazine rings is 1. The molecule has 0 spiro atoms. The lowest BCUT2D eigenvalue weighted by Gasteiger charge is -2.27. The zero-order valence-electron chi connectivity index (χ0n) is 18.5. The first-order valence-electron chi connectivity index (χ1n) is 11.0. The molecule has 1 amide bonds. The van der Waals surface area contributed by atoms with E-state index in [1.807, 2.05) is 55.5 Å². The van der Waals surface area contributed by atoms with Gasteiger partial charge in [0.25, 0.3) is 5.91 Å². The van der Waals surface area contributed by atoms with Crippen molar-refractivity contribution >= 4 is 45.6 Å². The summed E-state index contributed by atoms with van der Waals surface area (Å²) in [7, 11) is 0. The number of aryl methyl sites for hydroxylation is 1. The molecule has 0 unspecified atom stereocenters. The Morgan fingerprint density at radius 2 is 1.88 bits per heavy atom. The van der Waals surface area contributed by atoms with Crippen molar-refractivity contribution in [2.75, 3.05) is 31.5 Å². The molecule has 5 nitrogen and oxygen atoms in total. The minimum Gasteiger partial charge on any atom is -0.321 e. The van der Waals surface area contributed by atoms with E-state index in [-0.39, 0.29) is 18.3 Å². The van der Waals surface area contributed by atoms with E-state index in [2.05, 4.69) is 33.7 Å². The number of nitrogens with zero attached hydrogens (tertiary/aromatic N) is 2. The Balaban J connectivity index is 0.00000259. The van der Waals surface area contributed by atoms with Gasteiger partial charge in [0.1, 0.15) is 5.01 Å². The van der Waals surface area contributed by atoms with Crippen molar-refractivity contribution in [2.24, 2.45) is 0 Å². The zero-order valence-corrected chi connectivity index (χ0v) is 20.1. The minimum absolute atomic E-state index is 0. The van der Waals surface area contributed by atoms with E-state index >= 15 is 0 Å². The van der Waals surface area contributed by atoms with Gasteiger partial charge in [0.05, 0.1) is 15.9 Å². The number of hydrogen-bond acceptors (Lipinski definition) is 5. The average molecular weight is 479 g/mol. The fourth-order valence-electron chi connectivity index (χ4n) is 4.07. The third kappa shape index (κ3) is 5.42. The second kappa shape index (κ2) is 10.4. The number of thiazole rings is 1. The van der Waals surface area contributed by atoms with Crippen LogP contribution < -0.4 is 10.6 Å². The van der Waals surface area contributed by atoms with E-state index < -0.39 is 0 Å². The summed E-state index contributed by atoms with van der Waals surface area (Å²) in [6.07, 6.45) is 0. The van der Waals surface area contributed by atoms with Crippen LogP contribution in [0, 0.1) is 6.92 Å². The summed E-state index contributed by atoms with van der Waals surface area (Å²) in [4.78, 5) is 20.2. The number of fused-ring (bicyclic) bond motifs is 1. The Kier molecular flexibility index (Phi) is 7.40. The molecule has 0 radical (unpaired) electrons. The summed E-state index contributed by atoms with van der Waals surface area (Å²) in [6.45, 7) is 7.23. The van der Waals surface area contributed by atoms with Crippen LogP contribution in [0.1, 0.15) is 21.5 Å². The van der Waals surface area contributed by atoms with Gasteiger partial charge >= 0.3 is 0 Å². The molecule has 1 aliphatic rings. The van der Waals surface area contributed by atoms with Gasteiger partial charge in [-0.15, -0.1) is 23.7 Å². The predicted octanol–water partition coefficient (Wildman–Crippen LogP) is 5.35. The molecule has 1 aliphatic heterocycles. The number of amides is 1. The van der Waals surface area contributed by atoms with Crippen molar-refractivity contribution in [2.45, 2.75) is 13.5 Å². The third-order valence-electron chi connectivity index (χ3n) is 5.75. The molecule has 0 aliphatic carbocycles. The van der Waals surface area contributed by atoms with Gasteiger partial charge in [-0.1, -0.05) is 35.9 Å². The number of carbonyl (C=O) groups is 1. The molecule has 33 heavy (non-hydrogen) atoms. The van der Waals surface area contributed by atoms with Gasteiger partial charge in [-0.05, 0) is 48.9 Å². The van der Waals surface area contributed by atoms with E-state index in [1.165, 1.54) is 10.3 Å². The van der Waals surface area contributed by atoms with Crippen molar-refractivity contribution in [3.8, 4) is 10.6 Å². The molecule has 7 heteroatoms. The second-order valence-electron chi connectivity index (χ2n) is 8.22. The number of anilines is 1. The molecule has 1 aromatic heterocycles. The summed E-state index contributed by atoms with van der Waals surface area (Å²) in [5, 5.41) is 7.40. The molecule has 1 saturated heterocycles. The van der Waals surface area contributed by atoms with Crippen LogP contribution in [-0.4, -0.2) is 42.0 Å². The third-order valence-corrected chi connectivity index (χ3v) is 6.81. The number of benzene rings is 3. The lowest BCUT2D eigenvalue weighted by molar-refractivity contribution is 0.102. The average Bonchev–Trinajstić information content (AvgIpc) is 3.23. The maximum absolute atomic E-state index is 12.8. The van der Waals surface area contributed by atoms with Crippen LogP contribution in [0.5, 0.6) is 0 Å². The van der Waals surface area contributed by atoms with Crippen molar-refractivity contribution in [3.63, 3.8) is 0 Å². The highest BCUT2D eigenvalue weighted by molar-refractivity contribution is 7.21.